The van der Waals surface area contributed by atoms with Crippen LogP contribution in [0.1, 0.15) is 18.4 Å². The molecule has 19 heavy (non-hydrogen) atoms. The van der Waals surface area contributed by atoms with Crippen molar-refractivity contribution in [1.82, 2.24) is 0 Å². The van der Waals surface area contributed by atoms with Gasteiger partial charge in [0.2, 0.25) is 0 Å². The van der Waals surface area contributed by atoms with E-state index in [4.69, 9.17) is 0 Å². The topological polar surface area (TPSA) is 12.0 Å². The van der Waals surface area contributed by atoms with Gasteiger partial charge < -0.3 is 5.32 Å². The van der Waals surface area contributed by atoms with Crippen LogP contribution in [-0.2, 0) is 0 Å². The third-order valence-corrected chi connectivity index (χ3v) is 3.29. The van der Waals surface area contributed by atoms with Crippen LogP contribution in [-0.4, -0.2) is 0 Å². The van der Waals surface area contributed by atoms with Crippen molar-refractivity contribution in [3.63, 3.8) is 0 Å². The summed E-state index contributed by atoms with van der Waals surface area (Å²) < 4.78 is 0. The molecule has 1 heteroatoms. The molecule has 0 unspecified atom stereocenters. The average molecular weight is 247 g/mol. The van der Waals surface area contributed by atoms with Gasteiger partial charge in [0.05, 0.1) is 0 Å². The SMILES string of the molecule is C1=C(Nc2ccccc2)C(c2ccccc2)=CCC1. The zero-order chi connectivity index (χ0) is 12.9. The first kappa shape index (κ1) is 11.8. The molecule has 0 bridgehead atoms. The molecular weight excluding hydrogens is 230 g/mol. The second kappa shape index (κ2) is 5.57. The number of allylic oxidation sites excluding steroid dienone is 3. The van der Waals surface area contributed by atoms with E-state index in [1.165, 1.54) is 16.8 Å². The molecule has 1 N–H and O–H groups in total. The molecule has 0 saturated heterocycles. The van der Waals surface area contributed by atoms with Crippen molar-refractivity contribution in [2.24, 2.45) is 0 Å². The highest BCUT2D eigenvalue weighted by molar-refractivity contribution is 5.83. The largest absolute Gasteiger partial charge is 0.355 e. The zero-order valence-corrected chi connectivity index (χ0v) is 10.8. The number of hydrogen-bond donors (Lipinski definition) is 1. The predicted octanol–water partition coefficient (Wildman–Crippen LogP) is 4.86. The lowest BCUT2D eigenvalue weighted by atomic mass is 9.96. The third-order valence-electron chi connectivity index (χ3n) is 3.29. The summed E-state index contributed by atoms with van der Waals surface area (Å²) in [5.41, 5.74) is 4.92. The van der Waals surface area contributed by atoms with E-state index in [0.29, 0.717) is 0 Å². The fraction of sp³-hybridized carbons (Fsp3) is 0.111. The van der Waals surface area contributed by atoms with E-state index in [2.05, 4.69) is 72.1 Å². The quantitative estimate of drug-likeness (QED) is 0.816. The minimum Gasteiger partial charge on any atom is -0.355 e. The number of nitrogens with one attached hydrogen (secondary N) is 1. The number of anilines is 1. The molecule has 1 nitrogen and oxygen atoms in total. The minimum atomic E-state index is 1.10. The van der Waals surface area contributed by atoms with E-state index >= 15 is 0 Å². The molecule has 0 aliphatic heterocycles. The molecule has 2 aromatic rings. The van der Waals surface area contributed by atoms with E-state index < -0.39 is 0 Å². The van der Waals surface area contributed by atoms with Crippen molar-refractivity contribution < 1.29 is 0 Å². The summed E-state index contributed by atoms with van der Waals surface area (Å²) in [7, 11) is 0. The molecule has 0 saturated carbocycles. The molecule has 0 amide bonds. The molecule has 0 radical (unpaired) electrons. The molecule has 0 spiro atoms. The Morgan fingerprint density at radius 1 is 0.684 bits per heavy atom. The van der Waals surface area contributed by atoms with Crippen molar-refractivity contribution in [2.45, 2.75) is 12.8 Å². The fourth-order valence-corrected chi connectivity index (χ4v) is 2.36. The molecule has 1 aliphatic carbocycles. The van der Waals surface area contributed by atoms with Crippen molar-refractivity contribution >= 4 is 11.3 Å². The van der Waals surface area contributed by atoms with Crippen molar-refractivity contribution in [3.8, 4) is 0 Å². The summed E-state index contributed by atoms with van der Waals surface area (Å²) >= 11 is 0. The monoisotopic (exact) mass is 247 g/mol. The first-order valence-electron chi connectivity index (χ1n) is 6.72. The Balaban J connectivity index is 1.88. The van der Waals surface area contributed by atoms with Crippen LogP contribution in [0, 0.1) is 0 Å². The molecule has 0 fully saturated rings. The lowest BCUT2D eigenvalue weighted by Crippen LogP contribution is -2.05. The Bertz CT molecular complexity index is 594. The van der Waals surface area contributed by atoms with Crippen molar-refractivity contribution in [2.75, 3.05) is 5.32 Å². The van der Waals surface area contributed by atoms with Gasteiger partial charge in [-0.1, -0.05) is 60.7 Å². The Hall–Kier alpha value is -2.28. The lowest BCUT2D eigenvalue weighted by molar-refractivity contribution is 1.02. The molecular formula is C18H17N. The van der Waals surface area contributed by atoms with E-state index in [1.54, 1.807) is 0 Å². The zero-order valence-electron chi connectivity index (χ0n) is 10.8. The third kappa shape index (κ3) is 2.76. The lowest BCUT2D eigenvalue weighted by Gasteiger charge is -2.18. The van der Waals surface area contributed by atoms with E-state index in [-0.39, 0.29) is 0 Å². The summed E-state index contributed by atoms with van der Waals surface area (Å²) in [6.45, 7) is 0. The summed E-state index contributed by atoms with van der Waals surface area (Å²) in [5.74, 6) is 0. The first-order valence-corrected chi connectivity index (χ1v) is 6.72. The van der Waals surface area contributed by atoms with Gasteiger partial charge >= 0.3 is 0 Å². The maximum Gasteiger partial charge on any atom is 0.0420 e. The molecule has 2 aromatic carbocycles. The van der Waals surface area contributed by atoms with Gasteiger partial charge in [0.15, 0.2) is 0 Å². The van der Waals surface area contributed by atoms with Crippen LogP contribution in [0.4, 0.5) is 5.69 Å². The predicted molar refractivity (Wildman–Crippen MR) is 81.8 cm³/mol. The van der Waals surface area contributed by atoms with Crippen LogP contribution in [0.3, 0.4) is 0 Å². The molecule has 94 valence electrons. The Morgan fingerprint density at radius 2 is 1.32 bits per heavy atom. The van der Waals surface area contributed by atoms with Crippen LogP contribution in [0.2, 0.25) is 0 Å². The van der Waals surface area contributed by atoms with E-state index in [1.807, 2.05) is 6.07 Å². The minimum absolute atomic E-state index is 1.10. The maximum atomic E-state index is 3.52. The van der Waals surface area contributed by atoms with Gasteiger partial charge in [-0.25, -0.2) is 0 Å². The smallest absolute Gasteiger partial charge is 0.0420 e. The number of para-hydroxylation sites is 1. The van der Waals surface area contributed by atoms with Crippen LogP contribution >= 0.6 is 0 Å². The normalized spacial score (nSPS) is 14.5. The van der Waals surface area contributed by atoms with Gasteiger partial charge in [0, 0.05) is 17.0 Å². The molecule has 0 heterocycles. The van der Waals surface area contributed by atoms with Gasteiger partial charge in [-0.3, -0.25) is 0 Å². The van der Waals surface area contributed by atoms with Crippen molar-refractivity contribution in [3.05, 3.63) is 84.1 Å². The molecule has 1 aliphatic rings. The van der Waals surface area contributed by atoms with Crippen LogP contribution in [0.5, 0.6) is 0 Å². The summed E-state index contributed by atoms with van der Waals surface area (Å²) in [6.07, 6.45) is 6.83. The van der Waals surface area contributed by atoms with E-state index in [9.17, 15) is 0 Å². The average Bonchev–Trinajstić information content (AvgIpc) is 2.50. The standard InChI is InChI=1S/C18H17N/c1-3-9-15(10-4-1)17-13-7-8-14-18(17)19-16-11-5-2-6-12-16/h1-6,9-14,19H,7-8H2. The molecule has 0 atom stereocenters. The number of benzene rings is 2. The van der Waals surface area contributed by atoms with Crippen LogP contribution < -0.4 is 5.32 Å². The number of rotatable bonds is 3. The van der Waals surface area contributed by atoms with Gasteiger partial charge in [-0.2, -0.15) is 0 Å². The summed E-state index contributed by atoms with van der Waals surface area (Å²) in [6, 6.07) is 20.9. The Morgan fingerprint density at radius 3 is 2.05 bits per heavy atom. The first-order chi connectivity index (χ1) is 9.43. The second-order valence-electron chi connectivity index (χ2n) is 4.67. The van der Waals surface area contributed by atoms with Gasteiger partial charge in [-0.15, -0.1) is 0 Å². The Kier molecular flexibility index (Phi) is 3.46. The van der Waals surface area contributed by atoms with Crippen LogP contribution in [0.15, 0.2) is 78.5 Å². The van der Waals surface area contributed by atoms with Gasteiger partial charge in [0.25, 0.3) is 0 Å². The fourth-order valence-electron chi connectivity index (χ4n) is 2.36. The van der Waals surface area contributed by atoms with E-state index in [0.717, 1.165) is 18.5 Å². The van der Waals surface area contributed by atoms with Crippen LogP contribution in [0.25, 0.3) is 5.57 Å². The van der Waals surface area contributed by atoms with Gasteiger partial charge in [-0.05, 0) is 30.5 Å². The Labute approximate surface area is 114 Å². The highest BCUT2D eigenvalue weighted by atomic mass is 14.9. The van der Waals surface area contributed by atoms with Gasteiger partial charge in [0.1, 0.15) is 0 Å². The second-order valence-corrected chi connectivity index (χ2v) is 4.67. The highest BCUT2D eigenvalue weighted by Gasteiger charge is 2.10. The number of hydrogen-bond acceptors (Lipinski definition) is 1. The summed E-state index contributed by atoms with van der Waals surface area (Å²) in [5, 5.41) is 3.52. The summed E-state index contributed by atoms with van der Waals surface area (Å²) in [4.78, 5) is 0. The highest BCUT2D eigenvalue weighted by Crippen LogP contribution is 2.29. The molecule has 3 rings (SSSR count). The molecule has 0 aromatic heterocycles. The maximum absolute atomic E-state index is 3.52. The van der Waals surface area contributed by atoms with Crippen molar-refractivity contribution in [1.29, 1.82) is 0 Å².